The van der Waals surface area contributed by atoms with Crippen LogP contribution in [0.25, 0.3) is 0 Å². The van der Waals surface area contributed by atoms with E-state index < -0.39 is 0 Å². The fraction of sp³-hybridized carbons (Fsp3) is 0.500. The molecule has 0 radical (unpaired) electrons. The van der Waals surface area contributed by atoms with E-state index in [1.54, 1.807) is 0 Å². The number of benzene rings is 1. The average Bonchev–Trinajstić information content (AvgIpc) is 2.31. The first-order valence-electron chi connectivity index (χ1n) is 6.80. The van der Waals surface area contributed by atoms with Crippen molar-refractivity contribution in [2.45, 2.75) is 34.1 Å². The number of carbonyl (C=O) groups excluding carboxylic acids is 2. The number of rotatable bonds is 1. The predicted molar refractivity (Wildman–Crippen MR) is 75.3 cm³/mol. The lowest BCUT2D eigenvalue weighted by molar-refractivity contribution is -0.124. The zero-order valence-corrected chi connectivity index (χ0v) is 12.1. The highest BCUT2D eigenvalue weighted by molar-refractivity contribution is 5.98. The normalized spacial score (nSPS) is 19.7. The zero-order valence-electron chi connectivity index (χ0n) is 12.1. The van der Waals surface area contributed by atoms with Crippen LogP contribution < -0.4 is 0 Å². The fourth-order valence-electron chi connectivity index (χ4n) is 2.88. The Morgan fingerprint density at radius 3 is 2.32 bits per heavy atom. The molecule has 1 atom stereocenters. The van der Waals surface area contributed by atoms with Crippen LogP contribution in [0.5, 0.6) is 0 Å². The van der Waals surface area contributed by atoms with Gasteiger partial charge in [0.2, 0.25) is 0 Å². The number of hydrogen-bond donors (Lipinski definition) is 0. The molecule has 102 valence electrons. The molecule has 1 aliphatic heterocycles. The van der Waals surface area contributed by atoms with Crippen LogP contribution >= 0.6 is 0 Å². The number of hydrogen-bond acceptors (Lipinski definition) is 2. The SMILES string of the molecule is Cc1cc(C)c(C(=O)N2CCC(=O)C(C)C2)c(C)c1. The number of aryl methyl sites for hydroxylation is 3. The first-order chi connectivity index (χ1) is 8.90. The molecule has 0 aliphatic carbocycles. The maximum atomic E-state index is 12.6. The van der Waals surface area contributed by atoms with Gasteiger partial charge in [-0.3, -0.25) is 9.59 Å². The van der Waals surface area contributed by atoms with E-state index in [1.165, 1.54) is 5.56 Å². The van der Waals surface area contributed by atoms with Crippen LogP contribution in [0.1, 0.15) is 40.4 Å². The highest BCUT2D eigenvalue weighted by Crippen LogP contribution is 2.21. The van der Waals surface area contributed by atoms with Crippen LogP contribution in [-0.2, 0) is 4.79 Å². The van der Waals surface area contributed by atoms with Gasteiger partial charge in [-0.05, 0) is 31.9 Å². The summed E-state index contributed by atoms with van der Waals surface area (Å²) in [5.74, 6) is 0.291. The molecule has 1 saturated heterocycles. The third-order valence-electron chi connectivity index (χ3n) is 3.85. The number of nitrogens with zero attached hydrogens (tertiary/aromatic N) is 1. The van der Waals surface area contributed by atoms with Gasteiger partial charge in [-0.15, -0.1) is 0 Å². The lowest BCUT2D eigenvalue weighted by Crippen LogP contribution is -2.43. The highest BCUT2D eigenvalue weighted by atomic mass is 16.2. The van der Waals surface area contributed by atoms with Crippen LogP contribution in [0.4, 0.5) is 0 Å². The summed E-state index contributed by atoms with van der Waals surface area (Å²) in [5, 5.41) is 0. The lowest BCUT2D eigenvalue weighted by atomic mass is 9.95. The second kappa shape index (κ2) is 5.16. The van der Waals surface area contributed by atoms with Crippen molar-refractivity contribution < 1.29 is 9.59 Å². The van der Waals surface area contributed by atoms with Crippen molar-refractivity contribution in [1.82, 2.24) is 4.90 Å². The topological polar surface area (TPSA) is 37.4 Å². The summed E-state index contributed by atoms with van der Waals surface area (Å²) in [7, 11) is 0. The molecule has 3 nitrogen and oxygen atoms in total. The monoisotopic (exact) mass is 259 g/mol. The van der Waals surface area contributed by atoms with Crippen molar-refractivity contribution in [2.24, 2.45) is 5.92 Å². The molecular weight excluding hydrogens is 238 g/mol. The molecule has 0 spiro atoms. The average molecular weight is 259 g/mol. The third kappa shape index (κ3) is 2.70. The van der Waals surface area contributed by atoms with E-state index in [9.17, 15) is 9.59 Å². The number of likely N-dealkylation sites (tertiary alicyclic amines) is 1. The Labute approximate surface area is 114 Å². The maximum Gasteiger partial charge on any atom is 0.254 e. The molecule has 0 bridgehead atoms. The smallest absolute Gasteiger partial charge is 0.254 e. The fourth-order valence-corrected chi connectivity index (χ4v) is 2.88. The number of amides is 1. The molecule has 19 heavy (non-hydrogen) atoms. The summed E-state index contributed by atoms with van der Waals surface area (Å²) < 4.78 is 0. The van der Waals surface area contributed by atoms with E-state index in [4.69, 9.17) is 0 Å². The van der Waals surface area contributed by atoms with Crippen molar-refractivity contribution in [3.8, 4) is 0 Å². The summed E-state index contributed by atoms with van der Waals surface area (Å²) in [6.45, 7) is 8.99. The number of Topliss-reactive ketones (excluding diaryl/α,β-unsaturated/α-hetero) is 1. The van der Waals surface area contributed by atoms with Crippen LogP contribution in [0, 0.1) is 26.7 Å². The van der Waals surface area contributed by atoms with Crippen molar-refractivity contribution >= 4 is 11.7 Å². The van der Waals surface area contributed by atoms with E-state index in [1.807, 2.05) is 44.7 Å². The van der Waals surface area contributed by atoms with Gasteiger partial charge in [0.05, 0.1) is 0 Å². The molecule has 1 fully saturated rings. The second-order valence-corrected chi connectivity index (χ2v) is 5.64. The molecule has 1 heterocycles. The number of ketones is 1. The highest BCUT2D eigenvalue weighted by Gasteiger charge is 2.28. The molecular formula is C16H21NO2. The Hall–Kier alpha value is -1.64. The first kappa shape index (κ1) is 13.8. The molecule has 1 aliphatic rings. The van der Waals surface area contributed by atoms with Gasteiger partial charge < -0.3 is 4.90 Å². The number of carbonyl (C=O) groups is 2. The van der Waals surface area contributed by atoms with Gasteiger partial charge >= 0.3 is 0 Å². The van der Waals surface area contributed by atoms with Gasteiger partial charge in [-0.25, -0.2) is 0 Å². The molecule has 0 saturated carbocycles. The third-order valence-corrected chi connectivity index (χ3v) is 3.85. The maximum absolute atomic E-state index is 12.6. The van der Waals surface area contributed by atoms with Crippen LogP contribution in [-0.4, -0.2) is 29.7 Å². The molecule has 0 N–H and O–H groups in total. The molecule has 1 amide bonds. The predicted octanol–water partition coefficient (Wildman–Crippen LogP) is 2.66. The molecule has 1 unspecified atom stereocenters. The Balaban J connectivity index is 2.28. The minimum Gasteiger partial charge on any atom is -0.337 e. The van der Waals surface area contributed by atoms with Crippen molar-refractivity contribution in [3.63, 3.8) is 0 Å². The van der Waals surface area contributed by atoms with E-state index >= 15 is 0 Å². The molecule has 0 aromatic heterocycles. The van der Waals surface area contributed by atoms with Gasteiger partial charge in [0, 0.05) is 31.0 Å². The minimum atomic E-state index is -0.0382. The van der Waals surface area contributed by atoms with E-state index in [0.717, 1.165) is 16.7 Å². The Kier molecular flexibility index (Phi) is 3.74. The van der Waals surface area contributed by atoms with Gasteiger partial charge in [0.1, 0.15) is 5.78 Å². The largest absolute Gasteiger partial charge is 0.337 e. The minimum absolute atomic E-state index is 0.0382. The summed E-state index contributed by atoms with van der Waals surface area (Å²) in [4.78, 5) is 26.0. The molecule has 3 heteroatoms. The van der Waals surface area contributed by atoms with Crippen molar-refractivity contribution in [3.05, 3.63) is 34.4 Å². The van der Waals surface area contributed by atoms with Gasteiger partial charge in [0.25, 0.3) is 5.91 Å². The van der Waals surface area contributed by atoms with Gasteiger partial charge in [0.15, 0.2) is 0 Å². The van der Waals surface area contributed by atoms with Crippen LogP contribution in [0.3, 0.4) is 0 Å². The van der Waals surface area contributed by atoms with Gasteiger partial charge in [-0.1, -0.05) is 24.6 Å². The molecule has 1 aromatic carbocycles. The quantitative estimate of drug-likeness (QED) is 0.777. The van der Waals surface area contributed by atoms with Crippen LogP contribution in [0.2, 0.25) is 0 Å². The zero-order chi connectivity index (χ0) is 14.2. The number of piperidine rings is 1. The van der Waals surface area contributed by atoms with Crippen LogP contribution in [0.15, 0.2) is 12.1 Å². The summed E-state index contributed by atoms with van der Waals surface area (Å²) in [6, 6.07) is 4.08. The Morgan fingerprint density at radius 2 is 1.79 bits per heavy atom. The van der Waals surface area contributed by atoms with Crippen molar-refractivity contribution in [2.75, 3.05) is 13.1 Å². The van der Waals surface area contributed by atoms with E-state index in [2.05, 4.69) is 0 Å². The second-order valence-electron chi connectivity index (χ2n) is 5.64. The summed E-state index contributed by atoms with van der Waals surface area (Å²) in [6.07, 6.45) is 0.483. The molecule has 2 rings (SSSR count). The summed E-state index contributed by atoms with van der Waals surface area (Å²) in [5.41, 5.74) is 4.01. The summed E-state index contributed by atoms with van der Waals surface area (Å²) >= 11 is 0. The lowest BCUT2D eigenvalue weighted by Gasteiger charge is -2.31. The van der Waals surface area contributed by atoms with Gasteiger partial charge in [-0.2, -0.15) is 0 Å². The van der Waals surface area contributed by atoms with E-state index in [0.29, 0.717) is 19.5 Å². The first-order valence-corrected chi connectivity index (χ1v) is 6.80. The Bertz CT molecular complexity index is 511. The van der Waals surface area contributed by atoms with E-state index in [-0.39, 0.29) is 17.6 Å². The standard InChI is InChI=1S/C16H21NO2/c1-10-7-11(2)15(12(3)8-10)16(19)17-6-5-14(18)13(4)9-17/h7-8,13H,5-6,9H2,1-4H3. The Morgan fingerprint density at radius 1 is 1.21 bits per heavy atom. The van der Waals surface area contributed by atoms with Crippen molar-refractivity contribution in [1.29, 1.82) is 0 Å². The molecule has 1 aromatic rings.